The van der Waals surface area contributed by atoms with E-state index in [9.17, 15) is 9.90 Å². The lowest BCUT2D eigenvalue weighted by molar-refractivity contribution is -0.0443. The van der Waals surface area contributed by atoms with Gasteiger partial charge in [0.05, 0.1) is 39.1 Å². The van der Waals surface area contributed by atoms with Crippen LogP contribution in [0.4, 0.5) is 4.79 Å². The van der Waals surface area contributed by atoms with Crippen LogP contribution >= 0.6 is 0 Å². The largest absolute Gasteiger partial charge is 0.494 e. The standard InChI is InChI=1S/C38H46N2O5/c1-3-39(4-2)24-34-25-40(38(41)42)26-36(45-28-30-15-16-31-13-8-9-14-33(31)23-30)37(34)32-17-19-35(20-18-32)44-22-10-21-43-27-29-11-6-5-7-12-29/h5-9,11-20,23,34,36-37H,3-4,10,21-22,24-28H2,1-2H3,(H,41,42). The van der Waals surface area contributed by atoms with Crippen LogP contribution in [0.3, 0.4) is 0 Å². The summed E-state index contributed by atoms with van der Waals surface area (Å²) in [6, 6.07) is 33.2. The molecule has 0 bridgehead atoms. The number of ether oxygens (including phenoxy) is 3. The highest BCUT2D eigenvalue weighted by Gasteiger charge is 2.40. The first-order valence-corrected chi connectivity index (χ1v) is 16.2. The van der Waals surface area contributed by atoms with Gasteiger partial charge in [-0.15, -0.1) is 0 Å². The van der Waals surface area contributed by atoms with Crippen molar-refractivity contribution in [2.45, 2.75) is 45.5 Å². The van der Waals surface area contributed by atoms with Crippen LogP contribution in [0.5, 0.6) is 5.75 Å². The Balaban J connectivity index is 1.27. The Morgan fingerprint density at radius 2 is 1.56 bits per heavy atom. The normalized spacial score (nSPS) is 18.4. The van der Waals surface area contributed by atoms with Gasteiger partial charge in [-0.3, -0.25) is 0 Å². The Morgan fingerprint density at radius 3 is 2.29 bits per heavy atom. The monoisotopic (exact) mass is 610 g/mol. The number of hydrogen-bond donors (Lipinski definition) is 1. The molecule has 5 rings (SSSR count). The molecule has 1 aliphatic heterocycles. The van der Waals surface area contributed by atoms with Crippen molar-refractivity contribution in [1.29, 1.82) is 0 Å². The summed E-state index contributed by atoms with van der Waals surface area (Å²) in [5.74, 6) is 0.950. The van der Waals surface area contributed by atoms with Gasteiger partial charge in [-0.2, -0.15) is 0 Å². The number of nitrogens with zero attached hydrogens (tertiary/aromatic N) is 2. The van der Waals surface area contributed by atoms with Crippen molar-refractivity contribution in [3.8, 4) is 5.75 Å². The number of benzene rings is 4. The second kappa shape index (κ2) is 16.4. The second-order valence-electron chi connectivity index (χ2n) is 11.8. The van der Waals surface area contributed by atoms with Gasteiger partial charge >= 0.3 is 6.09 Å². The molecule has 4 aromatic carbocycles. The van der Waals surface area contributed by atoms with Crippen LogP contribution in [0.2, 0.25) is 0 Å². The Labute approximate surface area is 267 Å². The van der Waals surface area contributed by atoms with E-state index < -0.39 is 6.09 Å². The third-order valence-electron chi connectivity index (χ3n) is 8.78. The quantitative estimate of drug-likeness (QED) is 0.141. The topological polar surface area (TPSA) is 71.5 Å². The van der Waals surface area contributed by atoms with Crippen LogP contribution in [0, 0.1) is 5.92 Å². The summed E-state index contributed by atoms with van der Waals surface area (Å²) in [4.78, 5) is 16.2. The van der Waals surface area contributed by atoms with E-state index in [-0.39, 0.29) is 17.9 Å². The predicted octanol–water partition coefficient (Wildman–Crippen LogP) is 7.45. The molecule has 0 aromatic heterocycles. The molecule has 3 atom stereocenters. The fourth-order valence-corrected chi connectivity index (χ4v) is 6.32. The minimum atomic E-state index is -0.895. The van der Waals surface area contributed by atoms with Gasteiger partial charge in [-0.25, -0.2) is 4.79 Å². The van der Waals surface area contributed by atoms with Gasteiger partial charge in [0.1, 0.15) is 5.75 Å². The SMILES string of the molecule is CCN(CC)CC1CN(C(=O)O)CC(OCc2ccc3ccccc3c2)C1c1ccc(OCCCOCc2ccccc2)cc1. The van der Waals surface area contributed by atoms with E-state index in [0.717, 1.165) is 42.9 Å². The molecule has 238 valence electrons. The third-order valence-corrected chi connectivity index (χ3v) is 8.78. The molecule has 1 saturated heterocycles. The highest BCUT2D eigenvalue weighted by Crippen LogP contribution is 2.37. The molecule has 7 heteroatoms. The summed E-state index contributed by atoms with van der Waals surface area (Å²) in [6.45, 7) is 10.0. The smallest absolute Gasteiger partial charge is 0.407 e. The van der Waals surface area contributed by atoms with Crippen molar-refractivity contribution in [3.63, 3.8) is 0 Å². The van der Waals surface area contributed by atoms with Gasteiger partial charge in [0.15, 0.2) is 0 Å². The highest BCUT2D eigenvalue weighted by atomic mass is 16.5. The van der Waals surface area contributed by atoms with E-state index in [1.165, 1.54) is 21.2 Å². The lowest BCUT2D eigenvalue weighted by Crippen LogP contribution is -2.53. The Kier molecular flexibility index (Phi) is 11.8. The highest BCUT2D eigenvalue weighted by molar-refractivity contribution is 5.82. The Hall–Kier alpha value is -3.91. The molecule has 0 spiro atoms. The average molecular weight is 611 g/mol. The summed E-state index contributed by atoms with van der Waals surface area (Å²) >= 11 is 0. The first-order chi connectivity index (χ1) is 22.0. The lowest BCUT2D eigenvalue weighted by atomic mass is 9.78. The number of piperidine rings is 1. The summed E-state index contributed by atoms with van der Waals surface area (Å²) in [7, 11) is 0. The number of amides is 1. The minimum absolute atomic E-state index is 0.0436. The molecule has 7 nitrogen and oxygen atoms in total. The van der Waals surface area contributed by atoms with E-state index in [1.54, 1.807) is 0 Å². The zero-order chi connectivity index (χ0) is 31.4. The van der Waals surface area contributed by atoms with Crippen molar-refractivity contribution < 1.29 is 24.1 Å². The van der Waals surface area contributed by atoms with Crippen molar-refractivity contribution in [1.82, 2.24) is 9.80 Å². The lowest BCUT2D eigenvalue weighted by Gasteiger charge is -2.44. The minimum Gasteiger partial charge on any atom is -0.494 e. The molecule has 1 amide bonds. The van der Waals surface area contributed by atoms with Crippen LogP contribution < -0.4 is 4.74 Å². The zero-order valence-electron chi connectivity index (χ0n) is 26.5. The Bertz CT molecular complexity index is 1470. The van der Waals surface area contributed by atoms with Gasteiger partial charge < -0.3 is 29.1 Å². The molecule has 4 aromatic rings. The van der Waals surface area contributed by atoms with Crippen LogP contribution in [0.1, 0.15) is 42.9 Å². The molecule has 0 radical (unpaired) electrons. The number of fused-ring (bicyclic) bond motifs is 1. The van der Waals surface area contributed by atoms with Gasteiger partial charge in [0, 0.05) is 25.4 Å². The molecule has 3 unspecified atom stereocenters. The number of hydrogen-bond acceptors (Lipinski definition) is 5. The van der Waals surface area contributed by atoms with E-state index in [0.29, 0.717) is 39.5 Å². The van der Waals surface area contributed by atoms with Crippen molar-refractivity contribution >= 4 is 16.9 Å². The van der Waals surface area contributed by atoms with Crippen LogP contribution in [-0.4, -0.2) is 73.0 Å². The van der Waals surface area contributed by atoms with E-state index in [1.807, 2.05) is 42.5 Å². The van der Waals surface area contributed by atoms with Crippen LogP contribution in [-0.2, 0) is 22.7 Å². The van der Waals surface area contributed by atoms with E-state index in [2.05, 4.69) is 73.3 Å². The maximum Gasteiger partial charge on any atom is 0.407 e. The molecule has 1 heterocycles. The van der Waals surface area contributed by atoms with Crippen molar-refractivity contribution in [2.75, 3.05) is 45.9 Å². The summed E-state index contributed by atoms with van der Waals surface area (Å²) < 4.78 is 18.5. The molecule has 1 N–H and O–H groups in total. The molecule has 0 saturated carbocycles. The van der Waals surface area contributed by atoms with Crippen LogP contribution in [0.15, 0.2) is 97.1 Å². The second-order valence-corrected chi connectivity index (χ2v) is 11.8. The maximum absolute atomic E-state index is 12.2. The van der Waals surface area contributed by atoms with Crippen molar-refractivity contribution in [3.05, 3.63) is 114 Å². The summed E-state index contributed by atoms with van der Waals surface area (Å²) in [6.07, 6.45) is -0.372. The fourth-order valence-electron chi connectivity index (χ4n) is 6.32. The molecule has 45 heavy (non-hydrogen) atoms. The first-order valence-electron chi connectivity index (χ1n) is 16.2. The average Bonchev–Trinajstić information content (AvgIpc) is 3.08. The predicted molar refractivity (Wildman–Crippen MR) is 179 cm³/mol. The molecule has 0 aliphatic carbocycles. The fraction of sp³-hybridized carbons (Fsp3) is 0.395. The third kappa shape index (κ3) is 9.07. The first kappa shape index (κ1) is 32.5. The van der Waals surface area contributed by atoms with Crippen LogP contribution in [0.25, 0.3) is 10.8 Å². The van der Waals surface area contributed by atoms with Gasteiger partial charge in [0.2, 0.25) is 0 Å². The number of carbonyl (C=O) groups is 1. The van der Waals surface area contributed by atoms with Gasteiger partial charge in [-0.1, -0.05) is 92.7 Å². The maximum atomic E-state index is 12.2. The number of carboxylic acid groups (broad SMARTS) is 1. The van der Waals surface area contributed by atoms with Crippen molar-refractivity contribution in [2.24, 2.45) is 5.92 Å². The molecular formula is C38H46N2O5. The zero-order valence-corrected chi connectivity index (χ0v) is 26.5. The van der Waals surface area contributed by atoms with Gasteiger partial charge in [0.25, 0.3) is 0 Å². The number of rotatable bonds is 15. The molecule has 1 fully saturated rings. The molecular weight excluding hydrogens is 564 g/mol. The Morgan fingerprint density at radius 1 is 0.822 bits per heavy atom. The molecule has 1 aliphatic rings. The van der Waals surface area contributed by atoms with E-state index in [4.69, 9.17) is 14.2 Å². The number of likely N-dealkylation sites (tertiary alicyclic amines) is 1. The van der Waals surface area contributed by atoms with Gasteiger partial charge in [-0.05, 0) is 64.7 Å². The summed E-state index contributed by atoms with van der Waals surface area (Å²) in [5, 5.41) is 12.4. The summed E-state index contributed by atoms with van der Waals surface area (Å²) in [5.41, 5.74) is 3.40. The van der Waals surface area contributed by atoms with E-state index >= 15 is 0 Å².